The number of anilines is 1. The molecule has 0 spiro atoms. The average molecular weight is 321 g/mol. The van der Waals surface area contributed by atoms with Gasteiger partial charge in [-0.05, 0) is 13.3 Å². The fraction of sp³-hybridized carbons (Fsp3) is 0.500. The van der Waals surface area contributed by atoms with Gasteiger partial charge in [-0.1, -0.05) is 6.92 Å². The van der Waals surface area contributed by atoms with Crippen molar-refractivity contribution in [3.8, 4) is 0 Å². The van der Waals surface area contributed by atoms with Gasteiger partial charge in [-0.3, -0.25) is 4.79 Å². The van der Waals surface area contributed by atoms with Crippen molar-refractivity contribution in [1.82, 2.24) is 19.5 Å². The summed E-state index contributed by atoms with van der Waals surface area (Å²) in [6.45, 7) is 4.08. The Balaban J connectivity index is 2.33. The van der Waals surface area contributed by atoms with Crippen LogP contribution in [-0.4, -0.2) is 44.7 Å². The number of hydrogen-bond donors (Lipinski definition) is 1. The maximum absolute atomic E-state index is 12.2. The number of carbonyl (C=O) groups excluding carboxylic acids is 2. The van der Waals surface area contributed by atoms with Crippen LogP contribution in [0.2, 0.25) is 0 Å². The Morgan fingerprint density at radius 3 is 2.74 bits per heavy atom. The Hall–Kier alpha value is -2.71. The summed E-state index contributed by atoms with van der Waals surface area (Å²) in [5.41, 5.74) is 6.46. The number of fused-ring (bicyclic) bond motifs is 1. The molecular weight excluding hydrogens is 302 g/mol. The zero-order chi connectivity index (χ0) is 16.8. The smallest absolute Gasteiger partial charge is 0.329 e. The van der Waals surface area contributed by atoms with Gasteiger partial charge in [-0.25, -0.2) is 19.7 Å². The quantitative estimate of drug-likeness (QED) is 0.745. The molecule has 124 valence electrons. The van der Waals surface area contributed by atoms with E-state index in [1.807, 2.05) is 6.92 Å². The van der Waals surface area contributed by atoms with E-state index < -0.39 is 18.0 Å². The average Bonchev–Trinajstić information content (AvgIpc) is 2.96. The molecule has 0 aliphatic heterocycles. The number of rotatable bonds is 7. The largest absolute Gasteiger partial charge is 0.466 e. The SMILES string of the molecule is CCCOC(=O)CC(C(=O)OCC)n1cnc2c(N)ncnc21. The van der Waals surface area contributed by atoms with E-state index in [1.165, 1.54) is 17.2 Å². The molecule has 23 heavy (non-hydrogen) atoms. The molecular formula is C14H19N5O4. The molecule has 2 aromatic heterocycles. The monoisotopic (exact) mass is 321 g/mol. The van der Waals surface area contributed by atoms with E-state index in [0.717, 1.165) is 0 Å². The third-order valence-electron chi connectivity index (χ3n) is 3.11. The van der Waals surface area contributed by atoms with Crippen LogP contribution >= 0.6 is 0 Å². The van der Waals surface area contributed by atoms with Gasteiger partial charge in [0.15, 0.2) is 11.5 Å². The lowest BCUT2D eigenvalue weighted by molar-refractivity contribution is -0.154. The van der Waals surface area contributed by atoms with Crippen LogP contribution in [0.4, 0.5) is 5.82 Å². The molecule has 2 aromatic rings. The normalized spacial score (nSPS) is 12.1. The molecule has 0 fully saturated rings. The number of nitrogen functional groups attached to an aromatic ring is 1. The predicted molar refractivity (Wildman–Crippen MR) is 81.3 cm³/mol. The fourth-order valence-corrected chi connectivity index (χ4v) is 2.06. The highest BCUT2D eigenvalue weighted by Crippen LogP contribution is 2.22. The van der Waals surface area contributed by atoms with Gasteiger partial charge >= 0.3 is 11.9 Å². The number of imidazole rings is 1. The molecule has 0 bridgehead atoms. The summed E-state index contributed by atoms with van der Waals surface area (Å²) in [4.78, 5) is 36.2. The molecule has 0 aliphatic carbocycles. The molecule has 2 rings (SSSR count). The highest BCUT2D eigenvalue weighted by molar-refractivity contribution is 5.86. The lowest BCUT2D eigenvalue weighted by Crippen LogP contribution is -2.25. The Morgan fingerprint density at radius 2 is 2.04 bits per heavy atom. The van der Waals surface area contributed by atoms with Crippen molar-refractivity contribution < 1.29 is 19.1 Å². The Morgan fingerprint density at radius 1 is 1.26 bits per heavy atom. The highest BCUT2D eigenvalue weighted by atomic mass is 16.5. The summed E-state index contributed by atoms with van der Waals surface area (Å²) in [7, 11) is 0. The number of aromatic nitrogens is 4. The van der Waals surface area contributed by atoms with E-state index in [1.54, 1.807) is 6.92 Å². The Bertz CT molecular complexity index is 700. The lowest BCUT2D eigenvalue weighted by Gasteiger charge is -2.16. The summed E-state index contributed by atoms with van der Waals surface area (Å²) in [6, 6.07) is -0.918. The molecule has 0 aromatic carbocycles. The van der Waals surface area contributed by atoms with Crippen molar-refractivity contribution >= 4 is 28.9 Å². The number of hydrogen-bond acceptors (Lipinski definition) is 8. The van der Waals surface area contributed by atoms with Gasteiger partial charge in [-0.15, -0.1) is 0 Å². The number of esters is 2. The molecule has 0 amide bonds. The van der Waals surface area contributed by atoms with Gasteiger partial charge in [-0.2, -0.15) is 0 Å². The molecule has 0 radical (unpaired) electrons. The van der Waals surface area contributed by atoms with E-state index in [4.69, 9.17) is 15.2 Å². The van der Waals surface area contributed by atoms with Gasteiger partial charge < -0.3 is 19.8 Å². The molecule has 9 nitrogen and oxygen atoms in total. The van der Waals surface area contributed by atoms with Crippen LogP contribution in [0.5, 0.6) is 0 Å². The van der Waals surface area contributed by atoms with Crippen molar-refractivity contribution in [2.24, 2.45) is 0 Å². The van der Waals surface area contributed by atoms with Crippen LogP contribution in [0.15, 0.2) is 12.7 Å². The van der Waals surface area contributed by atoms with E-state index in [0.29, 0.717) is 24.2 Å². The number of carbonyl (C=O) groups is 2. The van der Waals surface area contributed by atoms with Gasteiger partial charge in [0.1, 0.15) is 17.9 Å². The molecule has 9 heteroatoms. The number of nitrogens with zero attached hydrogens (tertiary/aromatic N) is 4. The highest BCUT2D eigenvalue weighted by Gasteiger charge is 2.28. The third kappa shape index (κ3) is 3.74. The zero-order valence-corrected chi connectivity index (χ0v) is 13.1. The minimum Gasteiger partial charge on any atom is -0.466 e. The number of ether oxygens (including phenoxy) is 2. The molecule has 2 heterocycles. The molecule has 2 N–H and O–H groups in total. The second-order valence-electron chi connectivity index (χ2n) is 4.78. The number of nitrogens with two attached hydrogens (primary N) is 1. The van der Waals surface area contributed by atoms with Gasteiger partial charge in [0, 0.05) is 0 Å². The summed E-state index contributed by atoms with van der Waals surface area (Å²) >= 11 is 0. The second-order valence-corrected chi connectivity index (χ2v) is 4.78. The Kier molecular flexibility index (Phi) is 5.45. The first-order valence-electron chi connectivity index (χ1n) is 7.33. The maximum Gasteiger partial charge on any atom is 0.329 e. The van der Waals surface area contributed by atoms with Gasteiger partial charge in [0.2, 0.25) is 0 Å². The summed E-state index contributed by atoms with van der Waals surface area (Å²) in [5.74, 6) is -0.851. The minimum absolute atomic E-state index is 0.172. The Labute approximate surface area is 132 Å². The van der Waals surface area contributed by atoms with E-state index in [9.17, 15) is 9.59 Å². The van der Waals surface area contributed by atoms with Gasteiger partial charge in [0.25, 0.3) is 0 Å². The second kappa shape index (κ2) is 7.52. The van der Waals surface area contributed by atoms with Crippen molar-refractivity contribution in [2.45, 2.75) is 32.7 Å². The first kappa shape index (κ1) is 16.7. The zero-order valence-electron chi connectivity index (χ0n) is 13.1. The van der Waals surface area contributed by atoms with Crippen molar-refractivity contribution in [2.75, 3.05) is 18.9 Å². The van der Waals surface area contributed by atoms with E-state index >= 15 is 0 Å². The molecule has 0 saturated carbocycles. The molecule has 0 saturated heterocycles. The summed E-state index contributed by atoms with van der Waals surface area (Å²) in [6.07, 6.45) is 3.19. The topological polar surface area (TPSA) is 122 Å². The summed E-state index contributed by atoms with van der Waals surface area (Å²) in [5, 5.41) is 0. The van der Waals surface area contributed by atoms with Crippen molar-refractivity contribution in [3.63, 3.8) is 0 Å². The third-order valence-corrected chi connectivity index (χ3v) is 3.11. The minimum atomic E-state index is -0.918. The lowest BCUT2D eigenvalue weighted by atomic mass is 10.2. The molecule has 0 aliphatic rings. The van der Waals surface area contributed by atoms with Gasteiger partial charge in [0.05, 0.1) is 26.0 Å². The molecule has 1 atom stereocenters. The van der Waals surface area contributed by atoms with Crippen LogP contribution in [-0.2, 0) is 19.1 Å². The summed E-state index contributed by atoms with van der Waals surface area (Å²) < 4.78 is 11.5. The fourth-order valence-electron chi connectivity index (χ4n) is 2.06. The van der Waals surface area contributed by atoms with Crippen LogP contribution in [0.25, 0.3) is 11.2 Å². The van der Waals surface area contributed by atoms with E-state index in [2.05, 4.69) is 15.0 Å². The van der Waals surface area contributed by atoms with Crippen LogP contribution in [0, 0.1) is 0 Å². The van der Waals surface area contributed by atoms with Crippen molar-refractivity contribution in [3.05, 3.63) is 12.7 Å². The first-order chi connectivity index (χ1) is 11.1. The molecule has 1 unspecified atom stereocenters. The van der Waals surface area contributed by atoms with E-state index in [-0.39, 0.29) is 18.8 Å². The maximum atomic E-state index is 12.2. The first-order valence-corrected chi connectivity index (χ1v) is 7.33. The van der Waals surface area contributed by atoms with Crippen molar-refractivity contribution in [1.29, 1.82) is 0 Å². The predicted octanol–water partition coefficient (Wildman–Crippen LogP) is 0.856. The van der Waals surface area contributed by atoms with Crippen LogP contribution in [0.1, 0.15) is 32.7 Å². The van der Waals surface area contributed by atoms with Crippen LogP contribution in [0.3, 0.4) is 0 Å². The standard InChI is InChI=1S/C14H19N5O4/c1-3-5-23-10(20)6-9(14(21)22-4-2)19-8-18-11-12(15)16-7-17-13(11)19/h7-9H,3-6H2,1-2H3,(H2,15,16,17). The van der Waals surface area contributed by atoms with Crippen LogP contribution < -0.4 is 5.73 Å².